The van der Waals surface area contributed by atoms with Gasteiger partial charge in [0, 0.05) is 12.2 Å². The van der Waals surface area contributed by atoms with E-state index in [1.165, 1.54) is 0 Å². The Hall–Kier alpha value is -0.450. The first kappa shape index (κ1) is 15.9. The van der Waals surface area contributed by atoms with Crippen LogP contribution in [0.5, 0.6) is 0 Å². The molecule has 2 heterocycles. The maximum absolute atomic E-state index is 6.28. The number of fused-ring (bicyclic) bond motifs is 1. The molecule has 2 aromatic heterocycles. The van der Waals surface area contributed by atoms with Gasteiger partial charge in [-0.25, -0.2) is 9.97 Å². The van der Waals surface area contributed by atoms with E-state index >= 15 is 0 Å². The summed E-state index contributed by atoms with van der Waals surface area (Å²) in [7, 11) is 0. The quantitative estimate of drug-likeness (QED) is 0.545. The lowest BCUT2D eigenvalue weighted by molar-refractivity contribution is 0.522. The first-order valence-corrected chi connectivity index (χ1v) is 8.76. The lowest BCUT2D eigenvalue weighted by atomic mass is 10.2. The van der Waals surface area contributed by atoms with E-state index in [1.807, 2.05) is 24.8 Å². The van der Waals surface area contributed by atoms with Crippen LogP contribution in [0.2, 0.25) is 5.02 Å². The summed E-state index contributed by atoms with van der Waals surface area (Å²) in [5, 5.41) is 0.453. The summed E-state index contributed by atoms with van der Waals surface area (Å²) in [6, 6.07) is 2.17. The van der Waals surface area contributed by atoms with E-state index in [0.717, 1.165) is 34.9 Å². The highest BCUT2D eigenvalue weighted by Gasteiger charge is 2.20. The topological polar surface area (TPSA) is 30.7 Å². The number of alkyl halides is 1. The van der Waals surface area contributed by atoms with Crippen LogP contribution < -0.4 is 0 Å². The van der Waals surface area contributed by atoms with Crippen LogP contribution in [0.15, 0.2) is 12.3 Å². The maximum atomic E-state index is 6.28. The normalized spacial score (nSPS) is 14.7. The van der Waals surface area contributed by atoms with Crippen molar-refractivity contribution in [2.45, 2.75) is 38.6 Å². The molecular formula is C14H19Cl2N3S. The average molecular weight is 332 g/mol. The van der Waals surface area contributed by atoms with Crippen LogP contribution in [0, 0.1) is 0 Å². The molecule has 2 unspecified atom stereocenters. The van der Waals surface area contributed by atoms with Crippen molar-refractivity contribution in [1.82, 2.24) is 14.5 Å². The van der Waals surface area contributed by atoms with E-state index < -0.39 is 0 Å². The van der Waals surface area contributed by atoms with Crippen molar-refractivity contribution in [2.75, 3.05) is 11.5 Å². The van der Waals surface area contributed by atoms with E-state index in [0.29, 0.717) is 11.1 Å². The number of pyridine rings is 1. The fraction of sp³-hybridized carbons (Fsp3) is 0.571. The minimum atomic E-state index is -0.149. The zero-order valence-electron chi connectivity index (χ0n) is 11.9. The summed E-state index contributed by atoms with van der Waals surface area (Å²) >= 11 is 14.2. The van der Waals surface area contributed by atoms with Crippen LogP contribution in [-0.2, 0) is 0 Å². The summed E-state index contributed by atoms with van der Waals surface area (Å²) in [6.45, 7) is 6.31. The molecule has 0 saturated carbocycles. The average Bonchev–Trinajstić information content (AvgIpc) is 2.77. The second-order valence-corrected chi connectivity index (χ2v) is 7.27. The molecule has 3 nitrogen and oxygen atoms in total. The maximum Gasteiger partial charge on any atom is 0.160 e. The molecule has 0 bridgehead atoms. The van der Waals surface area contributed by atoms with Crippen LogP contribution in [0.25, 0.3) is 11.2 Å². The van der Waals surface area contributed by atoms with Crippen LogP contribution in [-0.4, -0.2) is 26.0 Å². The predicted octanol–water partition coefficient (Wildman–Crippen LogP) is 5.09. The molecule has 2 aromatic rings. The Morgan fingerprint density at radius 3 is 2.80 bits per heavy atom. The SMILES string of the molecule is CCSCCC(C)n1c(C(C)Cl)nc2cc(Cl)cnc21. The molecule has 0 aliphatic carbocycles. The monoisotopic (exact) mass is 331 g/mol. The molecule has 20 heavy (non-hydrogen) atoms. The van der Waals surface area contributed by atoms with Crippen molar-refractivity contribution in [1.29, 1.82) is 0 Å². The minimum absolute atomic E-state index is 0.149. The van der Waals surface area contributed by atoms with Crippen molar-refractivity contribution in [2.24, 2.45) is 0 Å². The van der Waals surface area contributed by atoms with Crippen LogP contribution in [0.4, 0.5) is 0 Å². The predicted molar refractivity (Wildman–Crippen MR) is 89.1 cm³/mol. The molecule has 2 atom stereocenters. The Morgan fingerprint density at radius 2 is 2.15 bits per heavy atom. The second-order valence-electron chi connectivity index (χ2n) is 4.79. The Bertz CT molecular complexity index is 583. The molecule has 110 valence electrons. The molecule has 0 N–H and O–H groups in total. The van der Waals surface area contributed by atoms with E-state index in [-0.39, 0.29) is 5.38 Å². The molecule has 0 spiro atoms. The van der Waals surface area contributed by atoms with Crippen molar-refractivity contribution < 1.29 is 0 Å². The lowest BCUT2D eigenvalue weighted by Gasteiger charge is -2.17. The number of hydrogen-bond donors (Lipinski definition) is 0. The van der Waals surface area contributed by atoms with Gasteiger partial charge in [-0.1, -0.05) is 18.5 Å². The molecule has 6 heteroatoms. The zero-order chi connectivity index (χ0) is 14.7. The second kappa shape index (κ2) is 7.01. The van der Waals surface area contributed by atoms with Crippen molar-refractivity contribution in [3.8, 4) is 0 Å². The van der Waals surface area contributed by atoms with Gasteiger partial charge in [0.2, 0.25) is 0 Å². The van der Waals surface area contributed by atoms with Gasteiger partial charge in [0.25, 0.3) is 0 Å². The third-order valence-corrected chi connectivity index (χ3v) is 4.54. The van der Waals surface area contributed by atoms with Gasteiger partial charge >= 0.3 is 0 Å². The highest BCUT2D eigenvalue weighted by molar-refractivity contribution is 7.99. The van der Waals surface area contributed by atoms with Gasteiger partial charge in [-0.05, 0) is 37.8 Å². The van der Waals surface area contributed by atoms with Gasteiger partial charge in [-0.15, -0.1) is 11.6 Å². The molecule has 0 radical (unpaired) electrons. The molecule has 2 rings (SSSR count). The number of nitrogens with zero attached hydrogens (tertiary/aromatic N) is 3. The zero-order valence-corrected chi connectivity index (χ0v) is 14.3. The van der Waals surface area contributed by atoms with Gasteiger partial charge in [0.1, 0.15) is 11.3 Å². The minimum Gasteiger partial charge on any atom is -0.309 e. The van der Waals surface area contributed by atoms with E-state index in [1.54, 1.807) is 6.20 Å². The summed E-state index contributed by atoms with van der Waals surface area (Å²) in [5.41, 5.74) is 1.68. The van der Waals surface area contributed by atoms with Gasteiger partial charge in [-0.3, -0.25) is 0 Å². The number of aromatic nitrogens is 3. The van der Waals surface area contributed by atoms with Gasteiger partial charge in [-0.2, -0.15) is 11.8 Å². The Morgan fingerprint density at radius 1 is 1.40 bits per heavy atom. The van der Waals surface area contributed by atoms with Crippen molar-refractivity contribution >= 4 is 46.1 Å². The smallest absolute Gasteiger partial charge is 0.160 e. The molecule has 0 aromatic carbocycles. The van der Waals surface area contributed by atoms with Crippen LogP contribution >= 0.6 is 35.0 Å². The number of imidazole rings is 1. The molecular weight excluding hydrogens is 313 g/mol. The van der Waals surface area contributed by atoms with E-state index in [4.69, 9.17) is 23.2 Å². The number of hydrogen-bond acceptors (Lipinski definition) is 3. The fourth-order valence-corrected chi connectivity index (χ4v) is 3.32. The van der Waals surface area contributed by atoms with Gasteiger partial charge < -0.3 is 4.57 Å². The largest absolute Gasteiger partial charge is 0.309 e. The summed E-state index contributed by atoms with van der Waals surface area (Å²) in [4.78, 5) is 9.04. The molecule has 0 aliphatic rings. The summed E-state index contributed by atoms with van der Waals surface area (Å²) < 4.78 is 2.15. The Kier molecular flexibility index (Phi) is 5.58. The first-order chi connectivity index (χ1) is 9.54. The third-order valence-electron chi connectivity index (χ3n) is 3.20. The molecule has 0 amide bonds. The Labute approximate surface area is 134 Å². The van der Waals surface area contributed by atoms with E-state index in [2.05, 4.69) is 28.4 Å². The standard InChI is InChI=1S/C14H19Cl2N3S/c1-4-20-6-5-9(2)19-13(10(3)15)18-12-7-11(16)8-17-14(12)19/h7-10H,4-6H2,1-3H3. The number of rotatable bonds is 6. The Balaban J connectivity index is 2.40. The number of thioether (sulfide) groups is 1. The summed E-state index contributed by atoms with van der Waals surface area (Å²) in [6.07, 6.45) is 2.74. The molecule has 0 aliphatic heterocycles. The number of halogens is 2. The molecule has 0 saturated heterocycles. The van der Waals surface area contributed by atoms with Gasteiger partial charge in [0.15, 0.2) is 5.65 Å². The van der Waals surface area contributed by atoms with Crippen molar-refractivity contribution in [3.05, 3.63) is 23.1 Å². The fourth-order valence-electron chi connectivity index (χ4n) is 2.22. The highest BCUT2D eigenvalue weighted by atomic mass is 35.5. The van der Waals surface area contributed by atoms with Gasteiger partial charge in [0.05, 0.1) is 10.4 Å². The molecule has 0 fully saturated rings. The van der Waals surface area contributed by atoms with Crippen LogP contribution in [0.1, 0.15) is 44.4 Å². The van der Waals surface area contributed by atoms with Crippen LogP contribution in [0.3, 0.4) is 0 Å². The van der Waals surface area contributed by atoms with Crippen molar-refractivity contribution in [3.63, 3.8) is 0 Å². The first-order valence-electron chi connectivity index (χ1n) is 6.79. The lowest BCUT2D eigenvalue weighted by Crippen LogP contribution is -2.11. The third kappa shape index (κ3) is 3.41. The van der Waals surface area contributed by atoms with E-state index in [9.17, 15) is 0 Å². The highest BCUT2D eigenvalue weighted by Crippen LogP contribution is 2.29. The summed E-state index contributed by atoms with van der Waals surface area (Å²) in [5.74, 6) is 3.14.